The van der Waals surface area contributed by atoms with Gasteiger partial charge in [-0.15, -0.1) is 0 Å². The Bertz CT molecular complexity index is 417. The van der Waals surface area contributed by atoms with Crippen LogP contribution in [0, 0.1) is 0 Å². The van der Waals surface area contributed by atoms with Gasteiger partial charge < -0.3 is 15.9 Å². The van der Waals surface area contributed by atoms with E-state index < -0.39 is 12.1 Å². The lowest BCUT2D eigenvalue weighted by Crippen LogP contribution is -2.28. The molecule has 2 atom stereocenters. The maximum atomic E-state index is 10.6. The van der Waals surface area contributed by atoms with Gasteiger partial charge in [-0.2, -0.15) is 0 Å². The molecule has 4 heteroatoms. The molecule has 0 saturated carbocycles. The normalized spacial score (nSPS) is 21.2. The van der Waals surface area contributed by atoms with Crippen LogP contribution in [0.3, 0.4) is 0 Å². The minimum absolute atomic E-state index is 0.197. The van der Waals surface area contributed by atoms with Crippen LogP contribution >= 0.6 is 0 Å². The summed E-state index contributed by atoms with van der Waals surface area (Å²) >= 11 is 0. The van der Waals surface area contributed by atoms with Crippen molar-refractivity contribution in [3.8, 4) is 0 Å². The van der Waals surface area contributed by atoms with Crippen molar-refractivity contribution in [1.82, 2.24) is 0 Å². The van der Waals surface area contributed by atoms with Crippen LogP contribution in [-0.2, 0) is 17.6 Å². The minimum atomic E-state index is -1.43. The van der Waals surface area contributed by atoms with E-state index in [1.54, 1.807) is 12.1 Å². The highest BCUT2D eigenvalue weighted by molar-refractivity contribution is 5.74. The zero-order valence-electron chi connectivity index (χ0n) is 8.89. The zero-order valence-corrected chi connectivity index (χ0v) is 8.89. The molecule has 2 rings (SSSR count). The first-order chi connectivity index (χ1) is 7.58. The topological polar surface area (TPSA) is 83.5 Å². The van der Waals surface area contributed by atoms with E-state index in [-0.39, 0.29) is 6.04 Å². The highest BCUT2D eigenvalue weighted by Crippen LogP contribution is 2.24. The Hall–Kier alpha value is -1.39. The minimum Gasteiger partial charge on any atom is -0.479 e. The van der Waals surface area contributed by atoms with Crippen LogP contribution in [0.2, 0.25) is 0 Å². The van der Waals surface area contributed by atoms with E-state index in [9.17, 15) is 9.90 Å². The van der Waals surface area contributed by atoms with E-state index in [4.69, 9.17) is 10.8 Å². The standard InChI is InChI=1S/C12H15NO3/c13-10-4-3-7-5-9(11(14)12(15)16)2-1-8(7)6-10/h1-2,5,10-11,14H,3-4,6,13H2,(H,15,16). The van der Waals surface area contributed by atoms with Crippen molar-refractivity contribution in [3.05, 3.63) is 34.9 Å². The average molecular weight is 221 g/mol. The molecule has 86 valence electrons. The molecule has 0 spiro atoms. The van der Waals surface area contributed by atoms with Crippen molar-refractivity contribution < 1.29 is 15.0 Å². The Morgan fingerprint density at radius 3 is 2.88 bits per heavy atom. The molecule has 0 aliphatic heterocycles. The largest absolute Gasteiger partial charge is 0.479 e. The summed E-state index contributed by atoms with van der Waals surface area (Å²) in [5.41, 5.74) is 8.58. The summed E-state index contributed by atoms with van der Waals surface area (Å²) in [7, 11) is 0. The summed E-state index contributed by atoms with van der Waals surface area (Å²) in [4.78, 5) is 10.6. The lowest BCUT2D eigenvalue weighted by molar-refractivity contribution is -0.146. The third kappa shape index (κ3) is 2.08. The molecule has 4 nitrogen and oxygen atoms in total. The monoisotopic (exact) mass is 221 g/mol. The molecule has 0 radical (unpaired) electrons. The van der Waals surface area contributed by atoms with Gasteiger partial charge in [0.25, 0.3) is 0 Å². The summed E-state index contributed by atoms with van der Waals surface area (Å²) < 4.78 is 0. The highest BCUT2D eigenvalue weighted by atomic mass is 16.4. The number of hydrogen-bond acceptors (Lipinski definition) is 3. The van der Waals surface area contributed by atoms with Gasteiger partial charge in [0.2, 0.25) is 0 Å². The maximum absolute atomic E-state index is 10.6. The Morgan fingerprint density at radius 2 is 2.19 bits per heavy atom. The van der Waals surface area contributed by atoms with Gasteiger partial charge in [-0.05, 0) is 36.0 Å². The lowest BCUT2D eigenvalue weighted by atomic mass is 9.87. The number of aryl methyl sites for hydroxylation is 1. The van der Waals surface area contributed by atoms with E-state index in [1.807, 2.05) is 6.07 Å². The number of carboxylic acid groups (broad SMARTS) is 1. The van der Waals surface area contributed by atoms with Crippen LogP contribution in [0.4, 0.5) is 0 Å². The molecule has 0 amide bonds. The van der Waals surface area contributed by atoms with Gasteiger partial charge in [0.1, 0.15) is 0 Å². The number of hydrogen-bond donors (Lipinski definition) is 3. The molecule has 0 bridgehead atoms. The Morgan fingerprint density at radius 1 is 1.44 bits per heavy atom. The fourth-order valence-electron chi connectivity index (χ4n) is 2.12. The van der Waals surface area contributed by atoms with Gasteiger partial charge in [0.15, 0.2) is 6.10 Å². The van der Waals surface area contributed by atoms with E-state index >= 15 is 0 Å². The summed E-state index contributed by atoms with van der Waals surface area (Å²) in [6.45, 7) is 0. The molecule has 1 aromatic rings. The fourth-order valence-corrected chi connectivity index (χ4v) is 2.12. The number of benzene rings is 1. The number of carboxylic acids is 1. The lowest BCUT2D eigenvalue weighted by Gasteiger charge is -2.22. The van der Waals surface area contributed by atoms with Gasteiger partial charge in [-0.1, -0.05) is 18.2 Å². The van der Waals surface area contributed by atoms with E-state index in [0.29, 0.717) is 5.56 Å². The second kappa shape index (κ2) is 4.23. The van der Waals surface area contributed by atoms with Crippen LogP contribution in [-0.4, -0.2) is 22.2 Å². The Kier molecular flexibility index (Phi) is 2.94. The van der Waals surface area contributed by atoms with Crippen LogP contribution in [0.1, 0.15) is 29.2 Å². The smallest absolute Gasteiger partial charge is 0.337 e. The van der Waals surface area contributed by atoms with Gasteiger partial charge >= 0.3 is 5.97 Å². The maximum Gasteiger partial charge on any atom is 0.337 e. The molecule has 2 unspecified atom stereocenters. The number of aliphatic hydroxyl groups is 1. The summed E-state index contributed by atoms with van der Waals surface area (Å²) in [5, 5.41) is 18.1. The molecular formula is C12H15NO3. The average Bonchev–Trinajstić information content (AvgIpc) is 2.27. The van der Waals surface area contributed by atoms with E-state index in [0.717, 1.165) is 24.8 Å². The number of carbonyl (C=O) groups is 1. The highest BCUT2D eigenvalue weighted by Gasteiger charge is 2.20. The summed E-state index contributed by atoms with van der Waals surface area (Å²) in [6.07, 6.45) is 1.18. The molecule has 0 aromatic heterocycles. The van der Waals surface area contributed by atoms with Crippen molar-refractivity contribution in [2.75, 3.05) is 0 Å². The molecule has 0 fully saturated rings. The van der Waals surface area contributed by atoms with Gasteiger partial charge in [0.05, 0.1) is 0 Å². The number of nitrogens with two attached hydrogens (primary N) is 1. The van der Waals surface area contributed by atoms with Crippen molar-refractivity contribution in [3.63, 3.8) is 0 Å². The quantitative estimate of drug-likeness (QED) is 0.683. The van der Waals surface area contributed by atoms with Crippen LogP contribution in [0.15, 0.2) is 18.2 Å². The molecule has 1 aliphatic carbocycles. The second-order valence-corrected chi connectivity index (χ2v) is 4.27. The van der Waals surface area contributed by atoms with Crippen LogP contribution in [0.5, 0.6) is 0 Å². The summed E-state index contributed by atoms with van der Waals surface area (Å²) in [5.74, 6) is -1.22. The second-order valence-electron chi connectivity index (χ2n) is 4.27. The fraction of sp³-hybridized carbons (Fsp3) is 0.417. The summed E-state index contributed by atoms with van der Waals surface area (Å²) in [6, 6.07) is 5.51. The van der Waals surface area contributed by atoms with E-state index in [1.165, 1.54) is 5.56 Å². The number of aliphatic carboxylic acids is 1. The van der Waals surface area contributed by atoms with Gasteiger partial charge in [-0.25, -0.2) is 4.79 Å². The van der Waals surface area contributed by atoms with E-state index in [2.05, 4.69) is 0 Å². The zero-order chi connectivity index (χ0) is 11.7. The van der Waals surface area contributed by atoms with Crippen LogP contribution in [0.25, 0.3) is 0 Å². The molecule has 0 saturated heterocycles. The van der Waals surface area contributed by atoms with Crippen molar-refractivity contribution in [2.24, 2.45) is 5.73 Å². The predicted molar refractivity (Wildman–Crippen MR) is 59.0 cm³/mol. The predicted octanol–water partition coefficient (Wildman–Crippen LogP) is 0.621. The Balaban J connectivity index is 2.29. The molecule has 16 heavy (non-hydrogen) atoms. The molecule has 0 heterocycles. The first-order valence-corrected chi connectivity index (χ1v) is 5.36. The third-order valence-electron chi connectivity index (χ3n) is 3.05. The number of rotatable bonds is 2. The Labute approximate surface area is 93.7 Å². The first kappa shape index (κ1) is 11.1. The van der Waals surface area contributed by atoms with Crippen molar-refractivity contribution in [2.45, 2.75) is 31.4 Å². The third-order valence-corrected chi connectivity index (χ3v) is 3.05. The van der Waals surface area contributed by atoms with Crippen LogP contribution < -0.4 is 5.73 Å². The molecule has 4 N–H and O–H groups in total. The molecule has 1 aromatic carbocycles. The molecular weight excluding hydrogens is 206 g/mol. The number of aliphatic hydroxyl groups excluding tert-OH is 1. The SMILES string of the molecule is NC1CCc2cc(C(O)C(=O)O)ccc2C1. The van der Waals surface area contributed by atoms with Gasteiger partial charge in [-0.3, -0.25) is 0 Å². The van der Waals surface area contributed by atoms with Crippen molar-refractivity contribution >= 4 is 5.97 Å². The first-order valence-electron chi connectivity index (χ1n) is 5.36. The number of fused-ring (bicyclic) bond motifs is 1. The van der Waals surface area contributed by atoms with Gasteiger partial charge in [0, 0.05) is 6.04 Å². The molecule has 1 aliphatic rings. The van der Waals surface area contributed by atoms with Crippen molar-refractivity contribution in [1.29, 1.82) is 0 Å².